The molecule has 0 radical (unpaired) electrons. The zero-order valence-electron chi connectivity index (χ0n) is 37.4. The van der Waals surface area contributed by atoms with E-state index in [9.17, 15) is 38.7 Å². The van der Waals surface area contributed by atoms with Crippen LogP contribution < -0.4 is 10.6 Å². The second kappa shape index (κ2) is 38.4. The molecule has 15 heteroatoms. The third-order valence-corrected chi connectivity index (χ3v) is 11.1. The molecule has 0 aromatic rings. The molecule has 1 fully saturated rings. The van der Waals surface area contributed by atoms with Crippen LogP contribution in [0.5, 0.6) is 0 Å². The third-order valence-electron chi connectivity index (χ3n) is 11.1. The number of ether oxygens (including phenoxy) is 4. The van der Waals surface area contributed by atoms with Gasteiger partial charge in [-0.05, 0) is 64.2 Å². The van der Waals surface area contributed by atoms with Crippen molar-refractivity contribution in [2.75, 3.05) is 65.9 Å². The molecule has 1 aliphatic rings. The van der Waals surface area contributed by atoms with Crippen LogP contribution in [0.3, 0.4) is 0 Å². The summed E-state index contributed by atoms with van der Waals surface area (Å²) in [6.07, 6.45) is 20.7. The third kappa shape index (κ3) is 34.9. The molecule has 0 aliphatic heterocycles. The highest BCUT2D eigenvalue weighted by molar-refractivity contribution is 5.86. The lowest BCUT2D eigenvalue weighted by atomic mass is 9.78. The first-order valence-corrected chi connectivity index (χ1v) is 23.3. The van der Waals surface area contributed by atoms with Crippen LogP contribution in [0, 0.1) is 17.8 Å². The van der Waals surface area contributed by atoms with Gasteiger partial charge in [0.2, 0.25) is 11.8 Å². The van der Waals surface area contributed by atoms with Crippen LogP contribution in [0.15, 0.2) is 0 Å². The van der Waals surface area contributed by atoms with E-state index in [1.165, 1.54) is 58.3 Å². The number of carbonyl (C=O) groups is 7. The fourth-order valence-corrected chi connectivity index (χ4v) is 7.38. The Morgan fingerprint density at radius 2 is 1.05 bits per heavy atom. The van der Waals surface area contributed by atoms with Crippen LogP contribution in [-0.4, -0.2) is 117 Å². The van der Waals surface area contributed by atoms with Crippen molar-refractivity contribution < 1.29 is 62.7 Å². The summed E-state index contributed by atoms with van der Waals surface area (Å²) in [5.74, 6) is -2.96. The largest absolute Gasteiger partial charge is 0.481 e. The quantitative estimate of drug-likeness (QED) is 0.0464. The minimum Gasteiger partial charge on any atom is -0.481 e. The van der Waals surface area contributed by atoms with Crippen LogP contribution in [-0.2, 0) is 52.5 Å². The second-order valence-electron chi connectivity index (χ2n) is 16.6. The molecule has 61 heavy (non-hydrogen) atoms. The van der Waals surface area contributed by atoms with Gasteiger partial charge in [-0.1, -0.05) is 77.0 Å². The zero-order chi connectivity index (χ0) is 44.8. The predicted octanol–water partition coefficient (Wildman–Crippen LogP) is 6.80. The number of carboxylic acid groups (broad SMARTS) is 2. The second-order valence-corrected chi connectivity index (χ2v) is 16.6. The number of ketones is 3. The van der Waals surface area contributed by atoms with Gasteiger partial charge >= 0.3 is 11.9 Å². The number of hydrogen-bond donors (Lipinski definition) is 4. The van der Waals surface area contributed by atoms with Gasteiger partial charge < -0.3 is 39.8 Å². The number of carbonyl (C=O) groups excluding carboxylic acids is 5. The summed E-state index contributed by atoms with van der Waals surface area (Å²) in [6, 6.07) is 0. The first-order valence-electron chi connectivity index (χ1n) is 23.3. The summed E-state index contributed by atoms with van der Waals surface area (Å²) in [5.41, 5.74) is 0. The van der Waals surface area contributed by atoms with Crippen molar-refractivity contribution in [3.05, 3.63) is 0 Å². The van der Waals surface area contributed by atoms with Crippen LogP contribution >= 0.6 is 0 Å². The maximum Gasteiger partial charge on any atom is 0.306 e. The molecule has 1 aliphatic carbocycles. The van der Waals surface area contributed by atoms with Crippen molar-refractivity contribution in [3.8, 4) is 0 Å². The molecular weight excluding hydrogens is 789 g/mol. The van der Waals surface area contributed by atoms with E-state index in [2.05, 4.69) is 10.6 Å². The van der Waals surface area contributed by atoms with E-state index >= 15 is 0 Å². The Labute approximate surface area is 364 Å². The molecule has 1 saturated carbocycles. The van der Waals surface area contributed by atoms with E-state index in [1.54, 1.807) is 0 Å². The van der Waals surface area contributed by atoms with Gasteiger partial charge in [0.15, 0.2) is 11.6 Å². The first kappa shape index (κ1) is 55.7. The SMILES string of the molecule is CC(=O)COCCOCCCC(=O)COCCOCCNC(=O)CC[C@H](CC(=O)C1CCC(CNC(=O)CCCCCCCCCCCCCCCCC(=O)O)CC1)C(=O)O. The molecule has 0 heterocycles. The molecule has 1 rings (SSSR count). The topological polar surface area (TPSA) is 221 Å². The molecule has 0 aromatic carbocycles. The lowest BCUT2D eigenvalue weighted by molar-refractivity contribution is -0.145. The number of amides is 2. The average molecular weight is 869 g/mol. The number of hydrogen-bond acceptors (Lipinski definition) is 11. The van der Waals surface area contributed by atoms with E-state index in [0.717, 1.165) is 51.4 Å². The minimum absolute atomic E-state index is 0.0107. The number of nitrogens with one attached hydrogen (secondary N) is 2. The molecule has 0 spiro atoms. The van der Waals surface area contributed by atoms with Crippen LogP contribution in [0.25, 0.3) is 0 Å². The van der Waals surface area contributed by atoms with Gasteiger partial charge in [-0.15, -0.1) is 0 Å². The fourth-order valence-electron chi connectivity index (χ4n) is 7.38. The van der Waals surface area contributed by atoms with Crippen LogP contribution in [0.4, 0.5) is 0 Å². The number of carboxylic acids is 2. The summed E-state index contributed by atoms with van der Waals surface area (Å²) in [7, 11) is 0. The Hall–Kier alpha value is -3.27. The summed E-state index contributed by atoms with van der Waals surface area (Å²) < 4.78 is 21.2. The van der Waals surface area contributed by atoms with Crippen molar-refractivity contribution >= 4 is 41.1 Å². The number of Topliss-reactive ketones (excluding diaryl/α,β-unsaturated/α-hetero) is 3. The highest BCUT2D eigenvalue weighted by atomic mass is 16.5. The van der Waals surface area contributed by atoms with Gasteiger partial charge in [0.1, 0.15) is 19.0 Å². The lowest BCUT2D eigenvalue weighted by Crippen LogP contribution is -2.33. The van der Waals surface area contributed by atoms with Crippen molar-refractivity contribution in [1.82, 2.24) is 10.6 Å². The maximum atomic E-state index is 13.0. The maximum absolute atomic E-state index is 13.0. The minimum atomic E-state index is -1.08. The molecule has 0 saturated heterocycles. The van der Waals surface area contributed by atoms with Gasteiger partial charge in [0.05, 0.1) is 39.0 Å². The number of rotatable bonds is 43. The van der Waals surface area contributed by atoms with Gasteiger partial charge in [0.25, 0.3) is 0 Å². The Kier molecular flexibility index (Phi) is 35.1. The molecule has 0 aromatic heterocycles. The van der Waals surface area contributed by atoms with E-state index in [-0.39, 0.29) is 100 Å². The first-order chi connectivity index (χ1) is 29.5. The van der Waals surface area contributed by atoms with E-state index in [4.69, 9.17) is 24.1 Å². The molecule has 0 unspecified atom stereocenters. The van der Waals surface area contributed by atoms with Crippen molar-refractivity contribution in [2.45, 2.75) is 167 Å². The van der Waals surface area contributed by atoms with E-state index < -0.39 is 17.9 Å². The lowest BCUT2D eigenvalue weighted by Gasteiger charge is -2.28. The molecular formula is C46H80N2O13. The van der Waals surface area contributed by atoms with E-state index in [0.29, 0.717) is 64.4 Å². The molecule has 2 amide bonds. The normalized spacial score (nSPS) is 15.6. The van der Waals surface area contributed by atoms with Crippen molar-refractivity contribution in [1.29, 1.82) is 0 Å². The average Bonchev–Trinajstić information content (AvgIpc) is 3.23. The smallest absolute Gasteiger partial charge is 0.306 e. The predicted molar refractivity (Wildman–Crippen MR) is 231 cm³/mol. The van der Waals surface area contributed by atoms with Crippen LogP contribution in [0.1, 0.15) is 167 Å². The summed E-state index contributed by atoms with van der Waals surface area (Å²) in [4.78, 5) is 82.9. The summed E-state index contributed by atoms with van der Waals surface area (Å²) in [6.45, 7) is 4.15. The Morgan fingerprint density at radius 3 is 1.61 bits per heavy atom. The van der Waals surface area contributed by atoms with Gasteiger partial charge in [-0.2, -0.15) is 0 Å². The van der Waals surface area contributed by atoms with Gasteiger partial charge in [-0.3, -0.25) is 33.6 Å². The molecule has 15 nitrogen and oxygen atoms in total. The Balaban J connectivity index is 2.01. The number of unbranched alkanes of at least 4 members (excludes halogenated alkanes) is 13. The molecule has 0 bridgehead atoms. The fraction of sp³-hybridized carbons (Fsp3) is 0.848. The van der Waals surface area contributed by atoms with Crippen LogP contribution in [0.2, 0.25) is 0 Å². The molecule has 1 atom stereocenters. The molecule has 352 valence electrons. The van der Waals surface area contributed by atoms with Gasteiger partial charge in [0, 0.05) is 57.7 Å². The Bertz CT molecular complexity index is 1220. The van der Waals surface area contributed by atoms with E-state index in [1.807, 2.05) is 0 Å². The summed E-state index contributed by atoms with van der Waals surface area (Å²) in [5, 5.41) is 24.2. The summed E-state index contributed by atoms with van der Waals surface area (Å²) >= 11 is 0. The van der Waals surface area contributed by atoms with Crippen molar-refractivity contribution in [2.24, 2.45) is 17.8 Å². The number of aliphatic carboxylic acids is 2. The monoisotopic (exact) mass is 869 g/mol. The highest BCUT2D eigenvalue weighted by Gasteiger charge is 2.30. The Morgan fingerprint density at radius 1 is 0.541 bits per heavy atom. The highest BCUT2D eigenvalue weighted by Crippen LogP contribution is 2.31. The molecule has 4 N–H and O–H groups in total. The van der Waals surface area contributed by atoms with Crippen molar-refractivity contribution in [3.63, 3.8) is 0 Å². The zero-order valence-corrected chi connectivity index (χ0v) is 37.4. The standard InChI is InChI=1S/C46H80N2O13/c1-37(49)35-60-31-29-58-27-16-17-41(50)36-61-32-30-59-28-26-47-44(53)25-24-40(46(56)57)33-42(51)39-22-20-38(21-23-39)34-48-43(52)18-14-12-10-8-6-4-2-3-5-7-9-11-13-15-19-45(54)55/h38-40H,2-36H2,1H3,(H,47,53)(H,48,52)(H,54,55)(H,56,57)/t38?,39?,40-/m1/s1. The van der Waals surface area contributed by atoms with Gasteiger partial charge in [-0.25, -0.2) is 0 Å².